The number of benzene rings is 3. The van der Waals surface area contributed by atoms with E-state index in [4.69, 9.17) is 4.74 Å². The average Bonchev–Trinajstić information content (AvgIpc) is 2.78. The van der Waals surface area contributed by atoms with E-state index in [2.05, 4.69) is 5.32 Å². The SMILES string of the molecule is COc1ccc(C(C)=O)cc1CSCC(=O)NC(c1ccccc1)c1ccccc1. The minimum atomic E-state index is -0.198. The molecule has 0 atom stereocenters. The summed E-state index contributed by atoms with van der Waals surface area (Å²) in [6.45, 7) is 1.54. The highest BCUT2D eigenvalue weighted by atomic mass is 32.2. The zero-order valence-electron chi connectivity index (χ0n) is 17.1. The first-order chi connectivity index (χ1) is 14.6. The van der Waals surface area contributed by atoms with Gasteiger partial charge in [0.05, 0.1) is 18.9 Å². The van der Waals surface area contributed by atoms with Gasteiger partial charge in [0.1, 0.15) is 5.75 Å². The molecule has 0 aliphatic heterocycles. The molecule has 4 nitrogen and oxygen atoms in total. The van der Waals surface area contributed by atoms with Gasteiger partial charge in [-0.05, 0) is 36.2 Å². The first-order valence-corrected chi connectivity index (χ1v) is 10.9. The van der Waals surface area contributed by atoms with E-state index in [1.54, 1.807) is 26.2 Å². The van der Waals surface area contributed by atoms with E-state index in [1.807, 2.05) is 66.7 Å². The van der Waals surface area contributed by atoms with Crippen LogP contribution in [0, 0.1) is 0 Å². The second kappa shape index (κ2) is 10.6. The van der Waals surface area contributed by atoms with E-state index in [-0.39, 0.29) is 17.7 Å². The van der Waals surface area contributed by atoms with Crippen LogP contribution < -0.4 is 10.1 Å². The van der Waals surface area contributed by atoms with Crippen molar-refractivity contribution in [2.75, 3.05) is 12.9 Å². The number of hydrogen-bond acceptors (Lipinski definition) is 4. The monoisotopic (exact) mass is 419 g/mol. The molecule has 0 heterocycles. The Balaban J connectivity index is 1.66. The molecule has 0 radical (unpaired) electrons. The number of thioether (sulfide) groups is 1. The Bertz CT molecular complexity index is 950. The van der Waals surface area contributed by atoms with Gasteiger partial charge in [0, 0.05) is 16.9 Å². The van der Waals surface area contributed by atoms with Gasteiger partial charge >= 0.3 is 0 Å². The average molecular weight is 420 g/mol. The number of methoxy groups -OCH3 is 1. The van der Waals surface area contributed by atoms with Crippen LogP contribution in [0.3, 0.4) is 0 Å². The highest BCUT2D eigenvalue weighted by Crippen LogP contribution is 2.26. The van der Waals surface area contributed by atoms with Crippen molar-refractivity contribution in [3.63, 3.8) is 0 Å². The highest BCUT2D eigenvalue weighted by molar-refractivity contribution is 7.99. The number of amides is 1. The lowest BCUT2D eigenvalue weighted by Gasteiger charge is -2.20. The fourth-order valence-corrected chi connectivity index (χ4v) is 4.03. The second-order valence-electron chi connectivity index (χ2n) is 6.90. The number of Topliss-reactive ketones (excluding diaryl/α,β-unsaturated/α-hetero) is 1. The van der Waals surface area contributed by atoms with Gasteiger partial charge in [-0.25, -0.2) is 0 Å². The smallest absolute Gasteiger partial charge is 0.230 e. The molecule has 0 saturated heterocycles. The standard InChI is InChI=1S/C25H25NO3S/c1-18(27)21-13-14-23(29-2)22(15-21)16-30-17-24(28)26-25(19-9-5-3-6-10-19)20-11-7-4-8-12-20/h3-15,25H,16-17H2,1-2H3,(H,26,28). The summed E-state index contributed by atoms with van der Waals surface area (Å²) in [4.78, 5) is 24.4. The van der Waals surface area contributed by atoms with E-state index in [0.717, 1.165) is 22.4 Å². The molecule has 0 saturated carbocycles. The highest BCUT2D eigenvalue weighted by Gasteiger charge is 2.17. The topological polar surface area (TPSA) is 55.4 Å². The van der Waals surface area contributed by atoms with Crippen molar-refractivity contribution < 1.29 is 14.3 Å². The van der Waals surface area contributed by atoms with Gasteiger partial charge in [-0.2, -0.15) is 0 Å². The van der Waals surface area contributed by atoms with Crippen LogP contribution in [0.5, 0.6) is 5.75 Å². The third-order valence-corrected chi connectivity index (χ3v) is 5.73. The molecule has 1 amide bonds. The lowest BCUT2D eigenvalue weighted by molar-refractivity contribution is -0.119. The van der Waals surface area contributed by atoms with E-state index in [1.165, 1.54) is 11.8 Å². The van der Waals surface area contributed by atoms with Gasteiger partial charge in [0.15, 0.2) is 5.78 Å². The van der Waals surface area contributed by atoms with Gasteiger partial charge in [-0.15, -0.1) is 11.8 Å². The molecule has 3 aromatic carbocycles. The van der Waals surface area contributed by atoms with Gasteiger partial charge < -0.3 is 10.1 Å². The predicted molar refractivity (Wildman–Crippen MR) is 122 cm³/mol. The Labute approximate surface area is 181 Å². The molecule has 1 N–H and O–H groups in total. The van der Waals surface area contributed by atoms with Crippen molar-refractivity contribution in [1.82, 2.24) is 5.32 Å². The molecule has 3 rings (SSSR count). The molecule has 3 aromatic rings. The van der Waals surface area contributed by atoms with Crippen LogP contribution in [0.2, 0.25) is 0 Å². The number of carbonyl (C=O) groups is 2. The quantitative estimate of drug-likeness (QED) is 0.494. The Morgan fingerprint density at radius 3 is 2.07 bits per heavy atom. The van der Waals surface area contributed by atoms with Crippen LogP contribution in [-0.4, -0.2) is 24.6 Å². The van der Waals surface area contributed by atoms with E-state index in [9.17, 15) is 9.59 Å². The number of carbonyl (C=O) groups excluding carboxylic acids is 2. The Kier molecular flexibility index (Phi) is 7.69. The Morgan fingerprint density at radius 2 is 1.53 bits per heavy atom. The molecule has 0 aliphatic carbocycles. The van der Waals surface area contributed by atoms with Crippen molar-refractivity contribution in [1.29, 1.82) is 0 Å². The fourth-order valence-electron chi connectivity index (χ4n) is 3.22. The summed E-state index contributed by atoms with van der Waals surface area (Å²) in [6, 6.07) is 25.1. The maximum absolute atomic E-state index is 12.7. The van der Waals surface area contributed by atoms with Gasteiger partial charge in [-0.1, -0.05) is 60.7 Å². The maximum atomic E-state index is 12.7. The van der Waals surface area contributed by atoms with E-state index in [0.29, 0.717) is 17.1 Å². The molecule has 0 unspecified atom stereocenters. The third-order valence-electron chi connectivity index (χ3n) is 4.75. The van der Waals surface area contributed by atoms with Gasteiger partial charge in [-0.3, -0.25) is 9.59 Å². The summed E-state index contributed by atoms with van der Waals surface area (Å²) in [6.07, 6.45) is 0. The summed E-state index contributed by atoms with van der Waals surface area (Å²) >= 11 is 1.49. The first kappa shape index (κ1) is 21.7. The molecular formula is C25H25NO3S. The van der Waals surface area contributed by atoms with Crippen LogP contribution in [-0.2, 0) is 10.5 Å². The molecule has 0 aromatic heterocycles. The van der Waals surface area contributed by atoms with E-state index < -0.39 is 0 Å². The van der Waals surface area contributed by atoms with Crippen molar-refractivity contribution in [3.05, 3.63) is 101 Å². The number of nitrogens with one attached hydrogen (secondary N) is 1. The van der Waals surface area contributed by atoms with Gasteiger partial charge in [0.2, 0.25) is 5.91 Å². The molecule has 0 spiro atoms. The summed E-state index contributed by atoms with van der Waals surface area (Å²) in [5.41, 5.74) is 3.63. The number of ketones is 1. The zero-order chi connectivity index (χ0) is 21.3. The van der Waals surface area contributed by atoms with Crippen LogP contribution in [0.1, 0.15) is 40.0 Å². The summed E-state index contributed by atoms with van der Waals surface area (Å²) in [5.74, 6) is 1.58. The molecular weight excluding hydrogens is 394 g/mol. The minimum absolute atomic E-state index is 0.00945. The van der Waals surface area contributed by atoms with Crippen LogP contribution in [0.4, 0.5) is 0 Å². The summed E-state index contributed by atoms with van der Waals surface area (Å²) < 4.78 is 5.39. The second-order valence-corrected chi connectivity index (χ2v) is 7.88. The summed E-state index contributed by atoms with van der Waals surface area (Å²) in [7, 11) is 1.61. The molecule has 0 bridgehead atoms. The fraction of sp³-hybridized carbons (Fsp3) is 0.200. The molecule has 5 heteroatoms. The summed E-state index contributed by atoms with van der Waals surface area (Å²) in [5, 5.41) is 3.15. The Morgan fingerprint density at radius 1 is 0.933 bits per heavy atom. The first-order valence-electron chi connectivity index (χ1n) is 9.73. The van der Waals surface area contributed by atoms with Crippen molar-refractivity contribution in [2.45, 2.75) is 18.7 Å². The minimum Gasteiger partial charge on any atom is -0.496 e. The van der Waals surface area contributed by atoms with Crippen LogP contribution >= 0.6 is 11.8 Å². The normalized spacial score (nSPS) is 10.6. The molecule has 30 heavy (non-hydrogen) atoms. The van der Waals surface area contributed by atoms with Crippen molar-refractivity contribution in [2.24, 2.45) is 0 Å². The largest absolute Gasteiger partial charge is 0.496 e. The maximum Gasteiger partial charge on any atom is 0.230 e. The van der Waals surface area contributed by atoms with Crippen molar-refractivity contribution in [3.8, 4) is 5.75 Å². The van der Waals surface area contributed by atoms with Crippen molar-refractivity contribution >= 4 is 23.5 Å². The lowest BCUT2D eigenvalue weighted by atomic mass is 9.99. The van der Waals surface area contributed by atoms with E-state index >= 15 is 0 Å². The van der Waals surface area contributed by atoms with Gasteiger partial charge in [0.25, 0.3) is 0 Å². The Hall–Kier alpha value is -3.05. The molecule has 154 valence electrons. The number of hydrogen-bond donors (Lipinski definition) is 1. The third kappa shape index (κ3) is 5.74. The number of ether oxygens (including phenoxy) is 1. The van der Waals surface area contributed by atoms with Crippen LogP contribution in [0.15, 0.2) is 78.9 Å². The molecule has 0 aliphatic rings. The predicted octanol–water partition coefficient (Wildman–Crippen LogP) is 5.04. The zero-order valence-corrected chi connectivity index (χ0v) is 17.9. The lowest BCUT2D eigenvalue weighted by Crippen LogP contribution is -2.30. The van der Waals surface area contributed by atoms with Crippen LogP contribution in [0.25, 0.3) is 0 Å². The number of rotatable bonds is 9. The molecule has 0 fully saturated rings.